The van der Waals surface area contributed by atoms with E-state index in [9.17, 15) is 9.59 Å². The van der Waals surface area contributed by atoms with Crippen molar-refractivity contribution in [2.45, 2.75) is 65.6 Å². The number of nitrogens with zero attached hydrogens (tertiary/aromatic N) is 2. The van der Waals surface area contributed by atoms with Crippen molar-refractivity contribution in [1.82, 2.24) is 9.80 Å². The minimum Gasteiger partial charge on any atom is -0.444 e. The maximum atomic E-state index is 12.0. The highest BCUT2D eigenvalue weighted by molar-refractivity contribution is 5.74. The van der Waals surface area contributed by atoms with Crippen LogP contribution in [-0.2, 0) is 9.47 Å². The number of carbonyl (C=O) groups is 2. The first-order chi connectivity index (χ1) is 18.7. The number of anilines is 2. The molecule has 2 aromatic carbocycles. The first-order valence-electron chi connectivity index (χ1n) is 13.8. The summed E-state index contributed by atoms with van der Waals surface area (Å²) in [5.74, 6) is 0. The molecule has 0 atom stereocenters. The number of ether oxygens (including phenoxy) is 2. The van der Waals surface area contributed by atoms with Gasteiger partial charge in [0.15, 0.2) is 0 Å². The standard InChI is InChI=1S/2C16H22N2O2/c2*1-16(2,3)20-15(19)18-10-8-13(9-11-18)12-4-6-14(17)7-5-12/h2*4-8H,9-11,17H2,1-3H3. The summed E-state index contributed by atoms with van der Waals surface area (Å²) in [6, 6.07) is 15.7. The molecule has 8 nitrogen and oxygen atoms in total. The largest absolute Gasteiger partial charge is 0.444 e. The fourth-order valence-corrected chi connectivity index (χ4v) is 4.24. The fraction of sp³-hybridized carbons (Fsp3) is 0.438. The molecule has 0 spiro atoms. The maximum Gasteiger partial charge on any atom is 0.410 e. The molecule has 0 aliphatic carbocycles. The Balaban J connectivity index is 0.000000220. The van der Waals surface area contributed by atoms with Crippen molar-refractivity contribution in [2.75, 3.05) is 37.6 Å². The molecule has 4 rings (SSSR count). The third-order valence-corrected chi connectivity index (χ3v) is 6.28. The molecule has 40 heavy (non-hydrogen) atoms. The highest BCUT2D eigenvalue weighted by Gasteiger charge is 2.25. The number of hydrogen-bond acceptors (Lipinski definition) is 6. The van der Waals surface area contributed by atoms with E-state index >= 15 is 0 Å². The molecular formula is C32H44N4O4. The SMILES string of the molecule is CC(C)(C)OC(=O)N1CC=C(c2ccc(N)cc2)CC1.CC(C)(C)OC(=O)N1CC=C(c2ccc(N)cc2)CC1. The molecule has 2 amide bonds. The number of amides is 2. The minimum absolute atomic E-state index is 0.245. The van der Waals surface area contributed by atoms with Crippen LogP contribution in [0.3, 0.4) is 0 Å². The van der Waals surface area contributed by atoms with Crippen molar-refractivity contribution >= 4 is 34.7 Å². The Bertz CT molecular complexity index is 1120. The van der Waals surface area contributed by atoms with E-state index in [1.165, 1.54) is 22.3 Å². The average Bonchev–Trinajstić information content (AvgIpc) is 2.88. The third-order valence-electron chi connectivity index (χ3n) is 6.28. The van der Waals surface area contributed by atoms with Crippen molar-refractivity contribution in [3.05, 3.63) is 71.8 Å². The fourth-order valence-electron chi connectivity index (χ4n) is 4.24. The Kier molecular flexibility index (Phi) is 9.90. The molecule has 0 bridgehead atoms. The van der Waals surface area contributed by atoms with Gasteiger partial charge >= 0.3 is 12.2 Å². The molecule has 8 heteroatoms. The highest BCUT2D eigenvalue weighted by atomic mass is 16.6. The van der Waals surface area contributed by atoms with Crippen molar-refractivity contribution in [1.29, 1.82) is 0 Å². The lowest BCUT2D eigenvalue weighted by Crippen LogP contribution is -2.39. The van der Waals surface area contributed by atoms with E-state index in [-0.39, 0.29) is 12.2 Å². The molecule has 2 aliphatic heterocycles. The Morgan fingerprint density at radius 3 is 1.20 bits per heavy atom. The van der Waals surface area contributed by atoms with Crippen LogP contribution < -0.4 is 11.5 Å². The van der Waals surface area contributed by atoms with Gasteiger partial charge in [-0.2, -0.15) is 0 Å². The zero-order valence-electron chi connectivity index (χ0n) is 24.7. The Morgan fingerprint density at radius 2 is 0.950 bits per heavy atom. The number of nitrogen functional groups attached to an aromatic ring is 2. The van der Waals surface area contributed by atoms with Gasteiger partial charge in [-0.3, -0.25) is 0 Å². The van der Waals surface area contributed by atoms with Gasteiger partial charge in [0.25, 0.3) is 0 Å². The molecule has 0 fully saturated rings. The number of carbonyl (C=O) groups excluding carboxylic acids is 2. The van der Waals surface area contributed by atoms with E-state index in [1.54, 1.807) is 9.80 Å². The van der Waals surface area contributed by atoms with Crippen LogP contribution in [0, 0.1) is 0 Å². The molecule has 216 valence electrons. The molecule has 2 aromatic rings. The summed E-state index contributed by atoms with van der Waals surface area (Å²) in [7, 11) is 0. The van der Waals surface area contributed by atoms with E-state index in [4.69, 9.17) is 20.9 Å². The maximum absolute atomic E-state index is 12.0. The van der Waals surface area contributed by atoms with Gasteiger partial charge in [0.05, 0.1) is 0 Å². The van der Waals surface area contributed by atoms with Gasteiger partial charge in [0.2, 0.25) is 0 Å². The predicted molar refractivity (Wildman–Crippen MR) is 163 cm³/mol. The molecule has 0 saturated heterocycles. The van der Waals surface area contributed by atoms with Crippen molar-refractivity contribution in [3.63, 3.8) is 0 Å². The van der Waals surface area contributed by atoms with Crippen LogP contribution >= 0.6 is 0 Å². The van der Waals surface area contributed by atoms with Gasteiger partial charge < -0.3 is 30.7 Å². The van der Waals surface area contributed by atoms with Gasteiger partial charge in [0, 0.05) is 37.6 Å². The lowest BCUT2D eigenvalue weighted by molar-refractivity contribution is 0.0260. The van der Waals surface area contributed by atoms with E-state index in [2.05, 4.69) is 12.2 Å². The van der Waals surface area contributed by atoms with Gasteiger partial charge in [-0.15, -0.1) is 0 Å². The van der Waals surface area contributed by atoms with Gasteiger partial charge in [-0.25, -0.2) is 9.59 Å². The second-order valence-electron chi connectivity index (χ2n) is 12.1. The minimum atomic E-state index is -0.446. The molecule has 2 aliphatic rings. The van der Waals surface area contributed by atoms with Crippen LogP contribution in [0.15, 0.2) is 60.7 Å². The van der Waals surface area contributed by atoms with E-state index in [0.29, 0.717) is 26.2 Å². The first kappa shape index (κ1) is 30.6. The second-order valence-corrected chi connectivity index (χ2v) is 12.1. The van der Waals surface area contributed by atoms with Crippen molar-refractivity contribution < 1.29 is 19.1 Å². The van der Waals surface area contributed by atoms with Crippen LogP contribution in [0.25, 0.3) is 11.1 Å². The molecule has 2 heterocycles. The summed E-state index contributed by atoms with van der Waals surface area (Å²) < 4.78 is 10.8. The molecule has 0 saturated carbocycles. The predicted octanol–water partition coefficient (Wildman–Crippen LogP) is 6.59. The van der Waals surface area contributed by atoms with Crippen LogP contribution in [-0.4, -0.2) is 59.4 Å². The van der Waals surface area contributed by atoms with Gasteiger partial charge in [0.1, 0.15) is 11.2 Å². The summed E-state index contributed by atoms with van der Waals surface area (Å²) >= 11 is 0. The number of hydrogen-bond donors (Lipinski definition) is 2. The summed E-state index contributed by atoms with van der Waals surface area (Å²) in [5.41, 5.74) is 16.9. The molecule has 0 unspecified atom stereocenters. The summed E-state index contributed by atoms with van der Waals surface area (Å²) in [5, 5.41) is 0. The number of benzene rings is 2. The monoisotopic (exact) mass is 548 g/mol. The van der Waals surface area contributed by atoms with Gasteiger partial charge in [-0.05, 0) is 101 Å². The summed E-state index contributed by atoms with van der Waals surface area (Å²) in [6.07, 6.45) is 5.35. The lowest BCUT2D eigenvalue weighted by Gasteiger charge is -2.29. The summed E-state index contributed by atoms with van der Waals surface area (Å²) in [4.78, 5) is 27.4. The Morgan fingerprint density at radius 1 is 0.625 bits per heavy atom. The molecular weight excluding hydrogens is 504 g/mol. The number of nitrogens with two attached hydrogens (primary N) is 2. The quantitative estimate of drug-likeness (QED) is 0.410. The van der Waals surface area contributed by atoms with E-state index in [0.717, 1.165) is 24.2 Å². The van der Waals surface area contributed by atoms with Crippen LogP contribution in [0.5, 0.6) is 0 Å². The van der Waals surface area contributed by atoms with E-state index < -0.39 is 11.2 Å². The lowest BCUT2D eigenvalue weighted by atomic mass is 9.99. The normalized spacial score (nSPS) is 15.8. The van der Waals surface area contributed by atoms with Crippen LogP contribution in [0.1, 0.15) is 65.5 Å². The zero-order chi connectivity index (χ0) is 29.5. The van der Waals surface area contributed by atoms with Crippen molar-refractivity contribution in [3.8, 4) is 0 Å². The van der Waals surface area contributed by atoms with E-state index in [1.807, 2.05) is 90.1 Å². The van der Waals surface area contributed by atoms with Crippen molar-refractivity contribution in [2.24, 2.45) is 0 Å². The topological polar surface area (TPSA) is 111 Å². The molecule has 0 radical (unpaired) electrons. The molecule has 0 aromatic heterocycles. The van der Waals surface area contributed by atoms with Gasteiger partial charge in [-0.1, -0.05) is 36.4 Å². The highest BCUT2D eigenvalue weighted by Crippen LogP contribution is 2.25. The Labute approximate surface area is 238 Å². The van der Waals surface area contributed by atoms with Crippen LogP contribution in [0.2, 0.25) is 0 Å². The number of rotatable bonds is 2. The average molecular weight is 549 g/mol. The second kappa shape index (κ2) is 12.9. The summed E-state index contributed by atoms with van der Waals surface area (Å²) in [6.45, 7) is 13.8. The van der Waals surface area contributed by atoms with Crippen LogP contribution in [0.4, 0.5) is 21.0 Å². The first-order valence-corrected chi connectivity index (χ1v) is 13.8. The molecule has 4 N–H and O–H groups in total. The smallest absolute Gasteiger partial charge is 0.410 e. The third kappa shape index (κ3) is 9.67. The Hall–Kier alpha value is -3.94. The zero-order valence-corrected chi connectivity index (χ0v) is 24.7.